The van der Waals surface area contributed by atoms with Gasteiger partial charge in [0, 0.05) is 20.1 Å². The number of allylic oxidation sites excluding steroid dienone is 1. The Hall–Kier alpha value is -2.44. The molecule has 28 heavy (non-hydrogen) atoms. The lowest BCUT2D eigenvalue weighted by Gasteiger charge is -2.25. The second-order valence-electron chi connectivity index (χ2n) is 6.64. The fourth-order valence-corrected chi connectivity index (χ4v) is 4.98. The summed E-state index contributed by atoms with van der Waals surface area (Å²) in [5.74, 6) is -0.117. The number of esters is 1. The zero-order chi connectivity index (χ0) is 20.0. The van der Waals surface area contributed by atoms with Crippen molar-refractivity contribution < 1.29 is 19.1 Å². The Labute approximate surface area is 174 Å². The molecule has 0 amide bonds. The summed E-state index contributed by atoms with van der Waals surface area (Å²) >= 11 is 4.86. The molecule has 1 aliphatic rings. The van der Waals surface area contributed by atoms with Crippen molar-refractivity contribution in [1.29, 1.82) is 0 Å². The third-order valence-electron chi connectivity index (χ3n) is 4.71. The fraction of sp³-hybridized carbons (Fsp3) is 0.182. The SMILES string of the molecule is COC(=O)C1=C(C(=O)c2cccc(Br)c2)c2sc3ccc(C)cc3c2O[C@H]1C. The Morgan fingerprint density at radius 2 is 1.96 bits per heavy atom. The molecule has 142 valence electrons. The number of carbonyl (C=O) groups excluding carboxylic acids is 2. The Bertz CT molecular complexity index is 1160. The van der Waals surface area contributed by atoms with Crippen LogP contribution < -0.4 is 4.74 Å². The molecular weight excluding hydrogens is 440 g/mol. The van der Waals surface area contributed by atoms with Gasteiger partial charge in [-0.3, -0.25) is 4.79 Å². The van der Waals surface area contributed by atoms with Crippen LogP contribution in [0.5, 0.6) is 5.75 Å². The van der Waals surface area contributed by atoms with Crippen molar-refractivity contribution in [2.75, 3.05) is 7.11 Å². The number of thiophene rings is 1. The summed E-state index contributed by atoms with van der Waals surface area (Å²) in [6.45, 7) is 3.78. The minimum absolute atomic E-state index is 0.221. The summed E-state index contributed by atoms with van der Waals surface area (Å²) in [6, 6.07) is 13.2. The zero-order valence-electron chi connectivity index (χ0n) is 15.5. The third-order valence-corrected chi connectivity index (χ3v) is 6.38. The number of aryl methyl sites for hydroxylation is 1. The molecule has 0 saturated heterocycles. The number of hydrogen-bond acceptors (Lipinski definition) is 5. The standard InChI is InChI=1S/C22H17BrO4S/c1-11-7-8-16-15(9-11)20-21(28-16)18(17(12(2)27-20)22(25)26-3)19(24)13-5-4-6-14(23)10-13/h4-10,12H,1-3H3/t12-/m0/s1. The zero-order valence-corrected chi connectivity index (χ0v) is 17.9. The smallest absolute Gasteiger partial charge is 0.338 e. The summed E-state index contributed by atoms with van der Waals surface area (Å²) in [7, 11) is 1.31. The van der Waals surface area contributed by atoms with E-state index in [9.17, 15) is 9.59 Å². The highest BCUT2D eigenvalue weighted by atomic mass is 79.9. The molecular formula is C22H17BrO4S. The van der Waals surface area contributed by atoms with Gasteiger partial charge >= 0.3 is 5.97 Å². The second kappa shape index (κ2) is 7.18. The fourth-order valence-electron chi connectivity index (χ4n) is 3.41. The van der Waals surface area contributed by atoms with E-state index in [1.165, 1.54) is 18.4 Å². The topological polar surface area (TPSA) is 52.6 Å². The highest BCUT2D eigenvalue weighted by Crippen LogP contribution is 2.48. The van der Waals surface area contributed by atoms with Crippen molar-refractivity contribution in [3.63, 3.8) is 0 Å². The van der Waals surface area contributed by atoms with E-state index in [-0.39, 0.29) is 11.4 Å². The average Bonchev–Trinajstić information content (AvgIpc) is 3.03. The molecule has 1 aromatic heterocycles. The van der Waals surface area contributed by atoms with Gasteiger partial charge in [-0.2, -0.15) is 0 Å². The number of fused-ring (bicyclic) bond motifs is 3. The number of carbonyl (C=O) groups is 2. The van der Waals surface area contributed by atoms with Gasteiger partial charge in [0.2, 0.25) is 0 Å². The number of rotatable bonds is 3. The van der Waals surface area contributed by atoms with Crippen molar-refractivity contribution in [2.24, 2.45) is 0 Å². The van der Waals surface area contributed by atoms with Gasteiger partial charge in [-0.1, -0.05) is 39.7 Å². The van der Waals surface area contributed by atoms with Crippen LogP contribution in [0.1, 0.15) is 27.7 Å². The summed E-state index contributed by atoms with van der Waals surface area (Å²) in [5.41, 5.74) is 2.22. The van der Waals surface area contributed by atoms with Crippen LogP contribution in [0, 0.1) is 6.92 Å². The first-order valence-corrected chi connectivity index (χ1v) is 10.3. The third kappa shape index (κ3) is 3.06. The second-order valence-corrected chi connectivity index (χ2v) is 8.61. The van der Waals surface area contributed by atoms with E-state index in [2.05, 4.69) is 15.9 Å². The van der Waals surface area contributed by atoms with Gasteiger partial charge in [-0.05, 0) is 38.1 Å². The minimum atomic E-state index is -0.593. The van der Waals surface area contributed by atoms with Crippen LogP contribution in [-0.4, -0.2) is 25.0 Å². The van der Waals surface area contributed by atoms with Crippen molar-refractivity contribution in [2.45, 2.75) is 20.0 Å². The van der Waals surface area contributed by atoms with Crippen LogP contribution in [-0.2, 0) is 9.53 Å². The molecule has 0 radical (unpaired) electrons. The molecule has 2 aromatic carbocycles. The van der Waals surface area contributed by atoms with E-state index in [1.807, 2.05) is 31.2 Å². The molecule has 0 fully saturated rings. The van der Waals surface area contributed by atoms with Gasteiger partial charge in [0.05, 0.1) is 23.1 Å². The Balaban J connectivity index is 2.01. The molecule has 0 aliphatic carbocycles. The van der Waals surface area contributed by atoms with Crippen molar-refractivity contribution >= 4 is 54.7 Å². The maximum atomic E-state index is 13.5. The summed E-state index contributed by atoms with van der Waals surface area (Å²) in [4.78, 5) is 26.7. The van der Waals surface area contributed by atoms with E-state index in [0.29, 0.717) is 21.8 Å². The summed E-state index contributed by atoms with van der Waals surface area (Å²) in [6.07, 6.45) is -0.593. The predicted molar refractivity (Wildman–Crippen MR) is 114 cm³/mol. The van der Waals surface area contributed by atoms with Crippen LogP contribution in [0.15, 0.2) is 52.5 Å². The molecule has 4 rings (SSSR count). The van der Waals surface area contributed by atoms with Gasteiger partial charge in [-0.25, -0.2) is 4.79 Å². The number of ether oxygens (including phenoxy) is 2. The van der Waals surface area contributed by atoms with E-state index in [0.717, 1.165) is 20.1 Å². The molecule has 0 unspecified atom stereocenters. The lowest BCUT2D eigenvalue weighted by molar-refractivity contribution is -0.137. The molecule has 6 heteroatoms. The van der Waals surface area contributed by atoms with Gasteiger partial charge in [0.1, 0.15) is 11.9 Å². The Morgan fingerprint density at radius 1 is 1.18 bits per heavy atom. The number of ketones is 1. The van der Waals surface area contributed by atoms with Crippen LogP contribution in [0.4, 0.5) is 0 Å². The normalized spacial score (nSPS) is 15.9. The molecule has 0 bridgehead atoms. The Morgan fingerprint density at radius 3 is 2.68 bits per heavy atom. The molecule has 4 nitrogen and oxygen atoms in total. The van der Waals surface area contributed by atoms with E-state index in [1.54, 1.807) is 25.1 Å². The molecule has 0 saturated carbocycles. The first-order chi connectivity index (χ1) is 13.4. The monoisotopic (exact) mass is 456 g/mol. The summed E-state index contributed by atoms with van der Waals surface area (Å²) in [5, 5.41) is 0.954. The number of halogens is 1. The first-order valence-electron chi connectivity index (χ1n) is 8.73. The summed E-state index contributed by atoms with van der Waals surface area (Å²) < 4.78 is 12.9. The van der Waals surface area contributed by atoms with Crippen LogP contribution in [0.3, 0.4) is 0 Å². The number of benzene rings is 2. The lowest BCUT2D eigenvalue weighted by Crippen LogP contribution is -2.29. The van der Waals surface area contributed by atoms with Crippen LogP contribution in [0.25, 0.3) is 15.7 Å². The maximum Gasteiger partial charge on any atom is 0.338 e. The average molecular weight is 457 g/mol. The number of methoxy groups -OCH3 is 1. The minimum Gasteiger partial charge on any atom is -0.484 e. The number of Topliss-reactive ketones (excluding diaryl/α,β-unsaturated/α-hetero) is 1. The molecule has 0 N–H and O–H groups in total. The molecule has 0 spiro atoms. The van der Waals surface area contributed by atoms with Crippen molar-refractivity contribution in [3.8, 4) is 5.75 Å². The van der Waals surface area contributed by atoms with E-state index >= 15 is 0 Å². The van der Waals surface area contributed by atoms with E-state index < -0.39 is 12.1 Å². The van der Waals surface area contributed by atoms with Crippen molar-refractivity contribution in [1.82, 2.24) is 0 Å². The highest BCUT2D eigenvalue weighted by molar-refractivity contribution is 9.10. The number of hydrogen-bond donors (Lipinski definition) is 0. The van der Waals surface area contributed by atoms with Gasteiger partial charge < -0.3 is 9.47 Å². The quantitative estimate of drug-likeness (QED) is 0.382. The predicted octanol–water partition coefficient (Wildman–Crippen LogP) is 5.56. The van der Waals surface area contributed by atoms with E-state index in [4.69, 9.17) is 9.47 Å². The molecule has 1 aliphatic heterocycles. The first kappa shape index (κ1) is 18.9. The Kier molecular flexibility index (Phi) is 4.85. The maximum absolute atomic E-state index is 13.5. The lowest BCUT2D eigenvalue weighted by atomic mass is 9.92. The molecule has 2 heterocycles. The highest BCUT2D eigenvalue weighted by Gasteiger charge is 2.37. The van der Waals surface area contributed by atoms with Gasteiger partial charge in [-0.15, -0.1) is 11.3 Å². The van der Waals surface area contributed by atoms with Gasteiger partial charge in [0.25, 0.3) is 0 Å². The van der Waals surface area contributed by atoms with Crippen molar-refractivity contribution in [3.05, 3.63) is 68.5 Å². The van der Waals surface area contributed by atoms with Gasteiger partial charge in [0.15, 0.2) is 5.78 Å². The largest absolute Gasteiger partial charge is 0.484 e. The molecule has 1 atom stereocenters. The van der Waals surface area contributed by atoms with Crippen LogP contribution in [0.2, 0.25) is 0 Å². The molecule has 3 aromatic rings. The van der Waals surface area contributed by atoms with Crippen LogP contribution >= 0.6 is 27.3 Å².